The van der Waals surface area contributed by atoms with E-state index in [1.165, 1.54) is 0 Å². The van der Waals surface area contributed by atoms with Crippen LogP contribution in [0.25, 0.3) is 0 Å². The molecule has 134 valence electrons. The average molecular weight is 343 g/mol. The van der Waals surface area contributed by atoms with Crippen LogP contribution in [0.5, 0.6) is 5.75 Å². The van der Waals surface area contributed by atoms with Gasteiger partial charge in [0.25, 0.3) is 0 Å². The van der Waals surface area contributed by atoms with Crippen molar-refractivity contribution in [2.75, 3.05) is 5.32 Å². The second-order valence-corrected chi connectivity index (χ2v) is 6.61. The van der Waals surface area contributed by atoms with Crippen LogP contribution in [0.3, 0.4) is 0 Å². The Kier molecular flexibility index (Phi) is 5.71. The number of anilines is 1. The van der Waals surface area contributed by atoms with Crippen LogP contribution in [0.2, 0.25) is 0 Å². The van der Waals surface area contributed by atoms with Crippen molar-refractivity contribution < 1.29 is 14.6 Å². The van der Waals surface area contributed by atoms with Crippen LogP contribution in [0.15, 0.2) is 36.7 Å². The molecule has 1 saturated carbocycles. The Labute approximate surface area is 147 Å². The third kappa shape index (κ3) is 5.06. The molecule has 1 heterocycles. The lowest BCUT2D eigenvalue weighted by Crippen LogP contribution is -2.34. The molecule has 2 aromatic rings. The van der Waals surface area contributed by atoms with Gasteiger partial charge in [0.15, 0.2) is 0 Å². The fourth-order valence-electron chi connectivity index (χ4n) is 3.04. The first-order chi connectivity index (χ1) is 12.1. The van der Waals surface area contributed by atoms with Gasteiger partial charge >= 0.3 is 0 Å². The van der Waals surface area contributed by atoms with Gasteiger partial charge < -0.3 is 15.2 Å². The minimum Gasteiger partial charge on any atom is -0.488 e. The molecule has 1 aromatic carbocycles. The Bertz CT molecular complexity index is 696. The second kappa shape index (κ2) is 8.16. The van der Waals surface area contributed by atoms with Crippen LogP contribution >= 0.6 is 0 Å². The molecule has 6 heteroatoms. The summed E-state index contributed by atoms with van der Waals surface area (Å²) in [4.78, 5) is 12.0. The summed E-state index contributed by atoms with van der Waals surface area (Å²) in [6.45, 7) is 2.53. The van der Waals surface area contributed by atoms with E-state index >= 15 is 0 Å². The molecule has 0 bridgehead atoms. The zero-order valence-corrected chi connectivity index (χ0v) is 14.5. The maximum Gasteiger partial charge on any atom is 0.226 e. The Morgan fingerprint density at radius 2 is 2.08 bits per heavy atom. The molecule has 0 spiro atoms. The molecule has 6 nitrogen and oxygen atoms in total. The van der Waals surface area contributed by atoms with Gasteiger partial charge in [0.05, 0.1) is 12.3 Å². The van der Waals surface area contributed by atoms with Crippen molar-refractivity contribution in [3.05, 3.63) is 42.2 Å². The summed E-state index contributed by atoms with van der Waals surface area (Å²) in [5, 5.41) is 17.0. The molecule has 1 aliphatic carbocycles. The molecule has 2 N–H and O–H groups in total. The molecule has 1 aromatic heterocycles. The lowest BCUT2D eigenvalue weighted by molar-refractivity contribution is -0.116. The van der Waals surface area contributed by atoms with Gasteiger partial charge in [-0.15, -0.1) is 0 Å². The molecule has 0 saturated heterocycles. The van der Waals surface area contributed by atoms with Crippen molar-refractivity contribution in [1.82, 2.24) is 9.78 Å². The first-order valence-electron chi connectivity index (χ1n) is 8.84. The standard InChI is InChI=1S/C19H25N3O3/c1-14-12-20-22(13-14)11-10-19(24)21-15-6-8-16(9-7-15)25-18-5-3-2-4-17(18)23/h6-9,12-13,17-18,23H,2-5,10-11H2,1H3,(H,21,24)/t17-,18-/m0/s1. The van der Waals surface area contributed by atoms with E-state index in [2.05, 4.69) is 10.4 Å². The number of ether oxygens (including phenoxy) is 1. The van der Waals surface area contributed by atoms with Crippen LogP contribution in [-0.2, 0) is 11.3 Å². The van der Waals surface area contributed by atoms with Gasteiger partial charge in [0.2, 0.25) is 5.91 Å². The number of hydrogen-bond acceptors (Lipinski definition) is 4. The third-order valence-electron chi connectivity index (χ3n) is 4.42. The van der Waals surface area contributed by atoms with Crippen molar-refractivity contribution in [2.24, 2.45) is 0 Å². The highest BCUT2D eigenvalue weighted by molar-refractivity contribution is 5.90. The van der Waals surface area contributed by atoms with Gasteiger partial charge in [-0.2, -0.15) is 5.10 Å². The smallest absolute Gasteiger partial charge is 0.226 e. The molecule has 0 radical (unpaired) electrons. The van der Waals surface area contributed by atoms with E-state index in [1.807, 2.05) is 37.4 Å². The largest absolute Gasteiger partial charge is 0.488 e. The van der Waals surface area contributed by atoms with E-state index in [1.54, 1.807) is 10.9 Å². The van der Waals surface area contributed by atoms with E-state index in [0.717, 1.165) is 42.7 Å². The summed E-state index contributed by atoms with van der Waals surface area (Å²) >= 11 is 0. The van der Waals surface area contributed by atoms with E-state index in [-0.39, 0.29) is 18.1 Å². The summed E-state index contributed by atoms with van der Waals surface area (Å²) in [6, 6.07) is 7.29. The summed E-state index contributed by atoms with van der Waals surface area (Å²) in [7, 11) is 0. The number of benzene rings is 1. The number of aliphatic hydroxyl groups is 1. The molecule has 0 unspecified atom stereocenters. The van der Waals surface area contributed by atoms with Gasteiger partial charge in [-0.1, -0.05) is 6.42 Å². The van der Waals surface area contributed by atoms with Crippen molar-refractivity contribution in [3.8, 4) is 5.75 Å². The molecule has 0 aliphatic heterocycles. The Balaban J connectivity index is 1.47. The van der Waals surface area contributed by atoms with Gasteiger partial charge in [0, 0.05) is 24.8 Å². The number of aromatic nitrogens is 2. The van der Waals surface area contributed by atoms with Crippen LogP contribution in [-0.4, -0.2) is 33.0 Å². The van der Waals surface area contributed by atoms with E-state index in [0.29, 0.717) is 13.0 Å². The molecule has 1 fully saturated rings. The first kappa shape index (κ1) is 17.5. The topological polar surface area (TPSA) is 76.4 Å². The number of aliphatic hydroxyl groups excluding tert-OH is 1. The molecular formula is C19H25N3O3. The lowest BCUT2D eigenvalue weighted by atomic mass is 9.95. The predicted octanol–water partition coefficient (Wildman–Crippen LogP) is 2.90. The van der Waals surface area contributed by atoms with E-state index < -0.39 is 0 Å². The lowest BCUT2D eigenvalue weighted by Gasteiger charge is -2.28. The zero-order valence-electron chi connectivity index (χ0n) is 14.5. The summed E-state index contributed by atoms with van der Waals surface area (Å²) < 4.78 is 7.63. The number of aryl methyl sites for hydroxylation is 2. The van der Waals surface area contributed by atoms with Gasteiger partial charge in [-0.05, 0) is 56.0 Å². The molecular weight excluding hydrogens is 318 g/mol. The Morgan fingerprint density at radius 3 is 2.76 bits per heavy atom. The molecule has 3 rings (SSSR count). The Hall–Kier alpha value is -2.34. The molecule has 25 heavy (non-hydrogen) atoms. The first-order valence-corrected chi connectivity index (χ1v) is 8.84. The fourth-order valence-corrected chi connectivity index (χ4v) is 3.04. The SMILES string of the molecule is Cc1cnn(CCC(=O)Nc2ccc(O[C@H]3CCCC[C@@H]3O)cc2)c1. The van der Waals surface area contributed by atoms with Crippen LogP contribution < -0.4 is 10.1 Å². The monoisotopic (exact) mass is 343 g/mol. The number of nitrogens with zero attached hydrogens (tertiary/aromatic N) is 2. The number of carbonyl (C=O) groups excluding carboxylic acids is 1. The zero-order chi connectivity index (χ0) is 17.6. The van der Waals surface area contributed by atoms with Crippen LogP contribution in [0.1, 0.15) is 37.7 Å². The Morgan fingerprint density at radius 1 is 1.32 bits per heavy atom. The number of carbonyl (C=O) groups is 1. The fraction of sp³-hybridized carbons (Fsp3) is 0.474. The summed E-state index contributed by atoms with van der Waals surface area (Å²) in [6.07, 6.45) is 7.37. The average Bonchev–Trinajstić information content (AvgIpc) is 3.02. The minimum atomic E-state index is -0.390. The van der Waals surface area contributed by atoms with Gasteiger partial charge in [-0.25, -0.2) is 0 Å². The minimum absolute atomic E-state index is 0.0514. The second-order valence-electron chi connectivity index (χ2n) is 6.61. The summed E-state index contributed by atoms with van der Waals surface area (Å²) in [5.41, 5.74) is 1.82. The van der Waals surface area contributed by atoms with Crippen LogP contribution in [0.4, 0.5) is 5.69 Å². The van der Waals surface area contributed by atoms with Crippen LogP contribution in [0, 0.1) is 6.92 Å². The van der Waals surface area contributed by atoms with E-state index in [4.69, 9.17) is 4.74 Å². The highest BCUT2D eigenvalue weighted by Crippen LogP contribution is 2.24. The van der Waals surface area contributed by atoms with Gasteiger partial charge in [-0.3, -0.25) is 9.48 Å². The molecule has 2 atom stereocenters. The number of nitrogens with one attached hydrogen (secondary N) is 1. The van der Waals surface area contributed by atoms with Crippen molar-refractivity contribution in [2.45, 2.75) is 57.8 Å². The van der Waals surface area contributed by atoms with Crippen molar-refractivity contribution in [3.63, 3.8) is 0 Å². The number of rotatable bonds is 6. The maximum atomic E-state index is 12.0. The number of hydrogen-bond donors (Lipinski definition) is 2. The quantitative estimate of drug-likeness (QED) is 0.845. The predicted molar refractivity (Wildman–Crippen MR) is 95.5 cm³/mol. The highest BCUT2D eigenvalue weighted by atomic mass is 16.5. The maximum absolute atomic E-state index is 12.0. The third-order valence-corrected chi connectivity index (χ3v) is 4.42. The molecule has 1 aliphatic rings. The molecule has 1 amide bonds. The van der Waals surface area contributed by atoms with Crippen molar-refractivity contribution in [1.29, 1.82) is 0 Å². The summed E-state index contributed by atoms with van der Waals surface area (Å²) in [5.74, 6) is 0.667. The van der Waals surface area contributed by atoms with Crippen molar-refractivity contribution >= 4 is 11.6 Å². The normalized spacial score (nSPS) is 20.2. The van der Waals surface area contributed by atoms with Gasteiger partial charge in [0.1, 0.15) is 11.9 Å². The van der Waals surface area contributed by atoms with E-state index in [9.17, 15) is 9.90 Å². The highest BCUT2D eigenvalue weighted by Gasteiger charge is 2.24. The number of amides is 1.